The van der Waals surface area contributed by atoms with Gasteiger partial charge in [-0.3, -0.25) is 4.57 Å². The van der Waals surface area contributed by atoms with Crippen molar-refractivity contribution >= 4 is 59.4 Å². The Morgan fingerprint density at radius 1 is 0.500 bits per heavy atom. The molecule has 0 aliphatic heterocycles. The number of halogens is 1. The third-order valence-electron chi connectivity index (χ3n) is 7.66. The third-order valence-corrected chi connectivity index (χ3v) is 8.32. The molecule has 0 unspecified atom stereocenters. The molecule has 8 rings (SSSR count). The minimum atomic E-state index is 0.664. The van der Waals surface area contributed by atoms with Crippen LogP contribution in [0.3, 0.4) is 0 Å². The van der Waals surface area contributed by atoms with Gasteiger partial charge in [0.2, 0.25) is 5.95 Å². The molecule has 0 N–H and O–H groups in total. The first-order valence-electron chi connectivity index (χ1n) is 13.3. The molecule has 0 atom stereocenters. The van der Waals surface area contributed by atoms with Crippen LogP contribution in [-0.2, 0) is 0 Å². The van der Waals surface area contributed by atoms with Crippen molar-refractivity contribution < 1.29 is 0 Å². The second-order valence-electron chi connectivity index (χ2n) is 10.0. The van der Waals surface area contributed by atoms with Gasteiger partial charge in [0.05, 0.1) is 22.2 Å². The molecule has 6 aromatic carbocycles. The SMILES string of the molecule is Brc1cccc2c1c1ccccc1n2-c1nc(-c2ccc3cc(-c4ccccc4)ccc3c2)c2ccccc2n1. The summed E-state index contributed by atoms with van der Waals surface area (Å²) in [6, 6.07) is 46.8. The average Bonchev–Trinajstić information content (AvgIpc) is 3.36. The Labute approximate surface area is 239 Å². The van der Waals surface area contributed by atoms with Crippen molar-refractivity contribution in [3.63, 3.8) is 0 Å². The molecule has 8 aromatic rings. The van der Waals surface area contributed by atoms with Crippen LogP contribution in [0.1, 0.15) is 0 Å². The molecule has 0 bridgehead atoms. The summed E-state index contributed by atoms with van der Waals surface area (Å²) in [6.45, 7) is 0. The quantitative estimate of drug-likeness (QED) is 0.210. The van der Waals surface area contributed by atoms with Crippen molar-refractivity contribution in [3.05, 3.63) is 138 Å². The molecule has 0 aliphatic rings. The maximum absolute atomic E-state index is 5.25. The van der Waals surface area contributed by atoms with E-state index in [1.54, 1.807) is 0 Å². The monoisotopic (exact) mass is 575 g/mol. The zero-order chi connectivity index (χ0) is 26.6. The van der Waals surface area contributed by atoms with Gasteiger partial charge in [-0.1, -0.05) is 113 Å². The zero-order valence-corrected chi connectivity index (χ0v) is 23.0. The number of fused-ring (bicyclic) bond motifs is 5. The Hall–Kier alpha value is -4.80. The van der Waals surface area contributed by atoms with E-state index in [2.05, 4.69) is 148 Å². The van der Waals surface area contributed by atoms with Crippen LogP contribution >= 0.6 is 15.9 Å². The van der Waals surface area contributed by atoms with E-state index >= 15 is 0 Å². The molecule has 0 saturated carbocycles. The van der Waals surface area contributed by atoms with E-state index in [9.17, 15) is 0 Å². The second-order valence-corrected chi connectivity index (χ2v) is 10.9. The summed E-state index contributed by atoms with van der Waals surface area (Å²) in [7, 11) is 0. The van der Waals surface area contributed by atoms with Gasteiger partial charge in [0.15, 0.2) is 0 Å². The molecule has 0 spiro atoms. The van der Waals surface area contributed by atoms with Crippen molar-refractivity contribution in [1.82, 2.24) is 14.5 Å². The molecular weight excluding hydrogens is 554 g/mol. The Kier molecular flexibility index (Phi) is 5.29. The van der Waals surface area contributed by atoms with E-state index in [4.69, 9.17) is 9.97 Å². The summed E-state index contributed by atoms with van der Waals surface area (Å²) in [6.07, 6.45) is 0. The largest absolute Gasteiger partial charge is 0.278 e. The van der Waals surface area contributed by atoms with Crippen LogP contribution in [0.15, 0.2) is 138 Å². The van der Waals surface area contributed by atoms with Gasteiger partial charge in [0.25, 0.3) is 0 Å². The lowest BCUT2D eigenvalue weighted by molar-refractivity contribution is 1.01. The van der Waals surface area contributed by atoms with Crippen molar-refractivity contribution in [2.75, 3.05) is 0 Å². The fraction of sp³-hybridized carbons (Fsp3) is 0. The molecule has 4 heteroatoms. The highest BCUT2D eigenvalue weighted by molar-refractivity contribution is 9.10. The molecule has 0 fully saturated rings. The van der Waals surface area contributed by atoms with Gasteiger partial charge >= 0.3 is 0 Å². The third kappa shape index (κ3) is 3.64. The average molecular weight is 576 g/mol. The number of para-hydroxylation sites is 2. The number of nitrogens with zero attached hydrogens (tertiary/aromatic N) is 3. The Balaban J connectivity index is 1.36. The minimum Gasteiger partial charge on any atom is -0.278 e. The maximum Gasteiger partial charge on any atom is 0.235 e. The molecular formula is C36H22BrN3. The summed E-state index contributed by atoms with van der Waals surface area (Å²) >= 11 is 3.78. The van der Waals surface area contributed by atoms with E-state index in [1.807, 2.05) is 6.07 Å². The van der Waals surface area contributed by atoms with Gasteiger partial charge in [-0.05, 0) is 58.3 Å². The van der Waals surface area contributed by atoms with Gasteiger partial charge in [-0.2, -0.15) is 0 Å². The van der Waals surface area contributed by atoms with E-state index in [1.165, 1.54) is 27.3 Å². The molecule has 0 saturated heterocycles. The molecule has 3 nitrogen and oxygen atoms in total. The molecule has 188 valence electrons. The van der Waals surface area contributed by atoms with Gasteiger partial charge < -0.3 is 0 Å². The Morgan fingerprint density at radius 2 is 1.18 bits per heavy atom. The summed E-state index contributed by atoms with van der Waals surface area (Å²) in [5.41, 5.74) is 7.51. The van der Waals surface area contributed by atoms with Crippen molar-refractivity contribution in [2.45, 2.75) is 0 Å². The summed E-state index contributed by atoms with van der Waals surface area (Å²) < 4.78 is 3.24. The van der Waals surface area contributed by atoms with Gasteiger partial charge in [-0.15, -0.1) is 0 Å². The predicted octanol–water partition coefficient (Wildman–Crippen LogP) is 9.98. The van der Waals surface area contributed by atoms with E-state index < -0.39 is 0 Å². The smallest absolute Gasteiger partial charge is 0.235 e. The molecule has 0 radical (unpaired) electrons. The van der Waals surface area contributed by atoms with E-state index in [0.717, 1.165) is 43.1 Å². The first-order chi connectivity index (χ1) is 19.7. The normalized spacial score (nSPS) is 11.6. The first kappa shape index (κ1) is 23.1. The van der Waals surface area contributed by atoms with Crippen molar-refractivity contribution in [3.8, 4) is 28.3 Å². The lowest BCUT2D eigenvalue weighted by Gasteiger charge is -2.12. The summed E-state index contributed by atoms with van der Waals surface area (Å²) in [4.78, 5) is 10.3. The molecule has 40 heavy (non-hydrogen) atoms. The zero-order valence-electron chi connectivity index (χ0n) is 21.4. The van der Waals surface area contributed by atoms with Crippen LogP contribution < -0.4 is 0 Å². The van der Waals surface area contributed by atoms with Crippen LogP contribution in [-0.4, -0.2) is 14.5 Å². The summed E-state index contributed by atoms with van der Waals surface area (Å²) in [5.74, 6) is 0.664. The number of rotatable bonds is 3. The number of benzene rings is 6. The van der Waals surface area contributed by atoms with Crippen LogP contribution in [0.5, 0.6) is 0 Å². The molecule has 0 aliphatic carbocycles. The van der Waals surface area contributed by atoms with Gasteiger partial charge in [0, 0.05) is 26.2 Å². The number of hydrogen-bond donors (Lipinski definition) is 0. The van der Waals surface area contributed by atoms with Crippen molar-refractivity contribution in [2.24, 2.45) is 0 Å². The lowest BCUT2D eigenvalue weighted by Crippen LogP contribution is -2.03. The van der Waals surface area contributed by atoms with Crippen molar-refractivity contribution in [1.29, 1.82) is 0 Å². The fourth-order valence-corrected chi connectivity index (χ4v) is 6.35. The molecule has 2 aromatic heterocycles. The highest BCUT2D eigenvalue weighted by Crippen LogP contribution is 2.37. The maximum atomic E-state index is 5.25. The highest BCUT2D eigenvalue weighted by atomic mass is 79.9. The molecule has 0 amide bonds. The number of hydrogen-bond acceptors (Lipinski definition) is 2. The Bertz CT molecular complexity index is 2230. The fourth-order valence-electron chi connectivity index (χ4n) is 5.78. The Morgan fingerprint density at radius 3 is 2.02 bits per heavy atom. The lowest BCUT2D eigenvalue weighted by atomic mass is 9.98. The topological polar surface area (TPSA) is 30.7 Å². The van der Waals surface area contributed by atoms with Crippen LogP contribution in [0.25, 0.3) is 71.8 Å². The second kappa shape index (κ2) is 9.15. The number of aromatic nitrogens is 3. The van der Waals surface area contributed by atoms with Gasteiger partial charge in [0.1, 0.15) is 0 Å². The van der Waals surface area contributed by atoms with Crippen LogP contribution in [0, 0.1) is 0 Å². The minimum absolute atomic E-state index is 0.664. The van der Waals surface area contributed by atoms with Gasteiger partial charge in [-0.25, -0.2) is 9.97 Å². The van der Waals surface area contributed by atoms with Crippen LogP contribution in [0.2, 0.25) is 0 Å². The van der Waals surface area contributed by atoms with E-state index in [-0.39, 0.29) is 0 Å². The van der Waals surface area contributed by atoms with Crippen LogP contribution in [0.4, 0.5) is 0 Å². The summed E-state index contributed by atoms with van der Waals surface area (Å²) in [5, 5.41) is 5.76. The predicted molar refractivity (Wildman–Crippen MR) is 170 cm³/mol. The standard InChI is InChI=1S/C36H22BrN3/c37-30-13-8-16-33-34(30)29-12-5-7-15-32(29)40(33)36-38-31-14-6-4-11-28(31)35(39-36)27-20-19-25-21-24(17-18-26(25)22-27)23-9-2-1-3-10-23/h1-22H. The first-order valence-corrected chi connectivity index (χ1v) is 14.1. The van der Waals surface area contributed by atoms with E-state index in [0.29, 0.717) is 5.95 Å². The highest BCUT2D eigenvalue weighted by Gasteiger charge is 2.18. The molecule has 2 heterocycles.